The molecule has 7 heteroatoms. The molecule has 2 unspecified atom stereocenters. The number of fused-ring (bicyclic) bond motifs is 1. The predicted octanol–water partition coefficient (Wildman–Crippen LogP) is 0.525. The molecule has 2 rings (SSSR count). The van der Waals surface area contributed by atoms with E-state index in [9.17, 15) is 18.2 Å². The Balaban J connectivity index is 2.59. The van der Waals surface area contributed by atoms with E-state index in [1.807, 2.05) is 0 Å². The molecule has 0 fully saturated rings. The van der Waals surface area contributed by atoms with Crippen LogP contribution < -0.4 is 11.1 Å². The number of nitrogens with two attached hydrogens (primary N) is 1. The molecule has 0 saturated carbocycles. The van der Waals surface area contributed by atoms with Crippen LogP contribution in [0.1, 0.15) is 22.8 Å². The van der Waals surface area contributed by atoms with Crippen LogP contribution in [-0.4, -0.2) is 27.7 Å². The van der Waals surface area contributed by atoms with Crippen LogP contribution in [-0.2, 0) is 15.6 Å². The fourth-order valence-electron chi connectivity index (χ4n) is 2.12. The first-order chi connectivity index (χ1) is 8.82. The third-order valence-corrected chi connectivity index (χ3v) is 4.58. The summed E-state index contributed by atoms with van der Waals surface area (Å²) < 4.78 is 25.7. The molecule has 0 saturated heterocycles. The van der Waals surface area contributed by atoms with Gasteiger partial charge in [0, 0.05) is 18.2 Å². The maximum absolute atomic E-state index is 13.6. The lowest BCUT2D eigenvalue weighted by Crippen LogP contribution is -2.46. The van der Waals surface area contributed by atoms with Crippen LogP contribution in [0.4, 0.5) is 10.1 Å². The van der Waals surface area contributed by atoms with Crippen LogP contribution in [0, 0.1) is 12.7 Å². The third-order valence-electron chi connectivity index (χ3n) is 2.98. The number of carbonyl (C=O) groups is 2. The average Bonchev–Trinajstić information content (AvgIpc) is 2.29. The summed E-state index contributed by atoms with van der Waals surface area (Å²) in [6.45, 7) is 2.72. The number of Topliss-reactive ketones (excluding diaryl/α,β-unsaturated/α-hetero) is 1. The minimum atomic E-state index is -1.57. The van der Waals surface area contributed by atoms with Gasteiger partial charge < -0.3 is 11.1 Å². The van der Waals surface area contributed by atoms with Crippen molar-refractivity contribution in [2.45, 2.75) is 24.8 Å². The molecule has 1 aliphatic rings. The lowest BCUT2D eigenvalue weighted by molar-refractivity contribution is -0.119. The first-order valence-electron chi connectivity index (χ1n) is 5.61. The number of anilines is 1. The molecule has 1 aromatic rings. The molecule has 0 spiro atoms. The van der Waals surface area contributed by atoms with Crippen LogP contribution in [0.2, 0.25) is 0 Å². The number of hydrogen-bond acceptors (Lipinski definition) is 4. The summed E-state index contributed by atoms with van der Waals surface area (Å²) >= 11 is 0. The monoisotopic (exact) mass is 284 g/mol. The van der Waals surface area contributed by atoms with Crippen LogP contribution in [0.3, 0.4) is 0 Å². The summed E-state index contributed by atoms with van der Waals surface area (Å²) in [7, 11) is -1.57. The Morgan fingerprint density at radius 2 is 2.21 bits per heavy atom. The minimum absolute atomic E-state index is 0.0495. The van der Waals surface area contributed by atoms with Gasteiger partial charge in [-0.05, 0) is 13.0 Å². The van der Waals surface area contributed by atoms with Gasteiger partial charge in [-0.25, -0.2) is 4.39 Å². The number of benzene rings is 1. The van der Waals surface area contributed by atoms with Gasteiger partial charge in [0.05, 0.1) is 27.0 Å². The second-order valence-corrected chi connectivity index (χ2v) is 5.84. The van der Waals surface area contributed by atoms with E-state index in [2.05, 4.69) is 5.32 Å². The number of hydrogen-bond donors (Lipinski definition) is 2. The van der Waals surface area contributed by atoms with Gasteiger partial charge in [0.15, 0.2) is 5.78 Å². The van der Waals surface area contributed by atoms with Gasteiger partial charge >= 0.3 is 0 Å². The molecule has 5 nitrogen and oxygen atoms in total. The zero-order chi connectivity index (χ0) is 14.3. The van der Waals surface area contributed by atoms with Crippen LogP contribution in [0.25, 0.3) is 0 Å². The quantitative estimate of drug-likeness (QED) is 0.736. The van der Waals surface area contributed by atoms with Crippen LogP contribution in [0.5, 0.6) is 0 Å². The van der Waals surface area contributed by atoms with Gasteiger partial charge in [0.1, 0.15) is 11.9 Å². The maximum Gasteiger partial charge on any atom is 0.217 e. The van der Waals surface area contributed by atoms with Gasteiger partial charge in [0.2, 0.25) is 5.91 Å². The van der Waals surface area contributed by atoms with E-state index in [1.54, 1.807) is 0 Å². The van der Waals surface area contributed by atoms with Crippen molar-refractivity contribution in [3.8, 4) is 0 Å². The molecular formula is C12H13FN2O3S. The summed E-state index contributed by atoms with van der Waals surface area (Å²) in [4.78, 5) is 23.4. The number of nitrogens with one attached hydrogen (secondary N) is 1. The number of halogens is 1. The van der Waals surface area contributed by atoms with E-state index in [4.69, 9.17) is 5.73 Å². The molecule has 1 amide bonds. The third kappa shape index (κ3) is 2.25. The normalized spacial score (nSPS) is 21.9. The lowest BCUT2D eigenvalue weighted by atomic mass is 10.00. The zero-order valence-corrected chi connectivity index (χ0v) is 11.3. The van der Waals surface area contributed by atoms with Crippen molar-refractivity contribution in [3.05, 3.63) is 23.0 Å². The first kappa shape index (κ1) is 13.7. The number of ketones is 1. The number of amides is 1. The minimum Gasteiger partial charge on any atom is -0.398 e. The molecule has 0 aliphatic carbocycles. The van der Waals surface area contributed by atoms with Crippen LogP contribution >= 0.6 is 0 Å². The molecule has 1 heterocycles. The van der Waals surface area contributed by atoms with Gasteiger partial charge in [-0.2, -0.15) is 0 Å². The summed E-state index contributed by atoms with van der Waals surface area (Å²) in [6, 6.07) is 0.164. The Morgan fingerprint density at radius 1 is 1.58 bits per heavy atom. The van der Waals surface area contributed by atoms with Crippen molar-refractivity contribution < 1.29 is 18.2 Å². The zero-order valence-electron chi connectivity index (χ0n) is 10.5. The Bertz CT molecular complexity index is 615. The Labute approximate surface area is 111 Å². The maximum atomic E-state index is 13.6. The highest BCUT2D eigenvalue weighted by Gasteiger charge is 2.36. The Hall–Kier alpha value is -1.76. The smallest absolute Gasteiger partial charge is 0.217 e. The molecule has 0 radical (unpaired) electrons. The van der Waals surface area contributed by atoms with Crippen molar-refractivity contribution in [3.63, 3.8) is 0 Å². The topological polar surface area (TPSA) is 89.3 Å². The van der Waals surface area contributed by atoms with Gasteiger partial charge in [-0.15, -0.1) is 0 Å². The standard InChI is InChI=1S/C12H13FN2O3S/c1-5-7(13)3-8(14)10-11(17)9(15-6(2)16)4-19(18)12(5)10/h3,9H,4,14H2,1-2H3,(H,15,16). The fourth-order valence-corrected chi connectivity index (χ4v) is 3.71. The Kier molecular flexibility index (Phi) is 3.40. The highest BCUT2D eigenvalue weighted by molar-refractivity contribution is 7.85. The second-order valence-electron chi connectivity index (χ2n) is 4.41. The predicted molar refractivity (Wildman–Crippen MR) is 68.8 cm³/mol. The molecular weight excluding hydrogens is 271 g/mol. The lowest BCUT2D eigenvalue weighted by Gasteiger charge is -2.25. The van der Waals surface area contributed by atoms with Crippen molar-refractivity contribution in [1.29, 1.82) is 0 Å². The first-order valence-corrected chi connectivity index (χ1v) is 6.93. The highest BCUT2D eigenvalue weighted by Crippen LogP contribution is 2.31. The van der Waals surface area contributed by atoms with Crippen molar-refractivity contribution in [2.75, 3.05) is 11.5 Å². The summed E-state index contributed by atoms with van der Waals surface area (Å²) in [5.74, 6) is -1.47. The van der Waals surface area contributed by atoms with E-state index in [-0.39, 0.29) is 27.5 Å². The average molecular weight is 284 g/mol. The number of nitrogen functional groups attached to an aromatic ring is 1. The van der Waals surface area contributed by atoms with Crippen molar-refractivity contribution >= 4 is 28.2 Å². The SMILES string of the molecule is CC(=O)NC1CS(=O)c2c(C)c(F)cc(N)c2C1=O. The molecule has 1 aliphatic heterocycles. The Morgan fingerprint density at radius 3 is 2.79 bits per heavy atom. The van der Waals surface area contributed by atoms with E-state index in [0.29, 0.717) is 0 Å². The van der Waals surface area contributed by atoms with Gasteiger partial charge in [0.25, 0.3) is 0 Å². The second kappa shape index (κ2) is 4.73. The van der Waals surface area contributed by atoms with Crippen molar-refractivity contribution in [2.24, 2.45) is 0 Å². The summed E-state index contributed by atoms with van der Waals surface area (Å²) in [5, 5.41) is 2.43. The molecule has 0 aromatic heterocycles. The number of rotatable bonds is 1. The largest absolute Gasteiger partial charge is 0.398 e. The van der Waals surface area contributed by atoms with Gasteiger partial charge in [-0.3, -0.25) is 13.8 Å². The van der Waals surface area contributed by atoms with Crippen LogP contribution in [0.15, 0.2) is 11.0 Å². The molecule has 0 bridgehead atoms. The van der Waals surface area contributed by atoms with E-state index < -0.39 is 34.3 Å². The molecule has 102 valence electrons. The molecule has 19 heavy (non-hydrogen) atoms. The van der Waals surface area contributed by atoms with E-state index in [1.165, 1.54) is 13.8 Å². The van der Waals surface area contributed by atoms with Crippen molar-refractivity contribution in [1.82, 2.24) is 5.32 Å². The summed E-state index contributed by atoms with van der Waals surface area (Å²) in [5.41, 5.74) is 5.82. The number of carbonyl (C=O) groups excluding carboxylic acids is 2. The molecule has 1 aromatic carbocycles. The molecule has 2 atom stereocenters. The van der Waals surface area contributed by atoms with Gasteiger partial charge in [-0.1, -0.05) is 0 Å². The van der Waals surface area contributed by atoms with E-state index in [0.717, 1.165) is 6.07 Å². The molecule has 3 N–H and O–H groups in total. The summed E-state index contributed by atoms with van der Waals surface area (Å²) in [6.07, 6.45) is 0. The highest BCUT2D eigenvalue weighted by atomic mass is 32.2. The van der Waals surface area contributed by atoms with E-state index >= 15 is 0 Å². The fraction of sp³-hybridized carbons (Fsp3) is 0.333.